The molecule has 1 saturated heterocycles. The SMILES string of the molecule is Cl.Fc1cccc(C2CNCCN2Cc2cccnc2)c1. The first kappa shape index (κ1) is 15.9. The topological polar surface area (TPSA) is 28.2 Å². The summed E-state index contributed by atoms with van der Waals surface area (Å²) in [6, 6.07) is 11.1. The molecule has 1 aliphatic rings. The average Bonchev–Trinajstić information content (AvgIpc) is 2.49. The van der Waals surface area contributed by atoms with E-state index >= 15 is 0 Å². The van der Waals surface area contributed by atoms with E-state index in [2.05, 4.69) is 21.3 Å². The Morgan fingerprint density at radius 3 is 2.95 bits per heavy atom. The highest BCUT2D eigenvalue weighted by molar-refractivity contribution is 5.85. The fraction of sp³-hybridized carbons (Fsp3) is 0.312. The van der Waals surface area contributed by atoms with Crippen LogP contribution >= 0.6 is 12.4 Å². The Bertz CT molecular complexity index is 564. The second kappa shape index (κ2) is 7.50. The molecule has 1 aliphatic heterocycles. The number of nitrogens with zero attached hydrogens (tertiary/aromatic N) is 2. The highest BCUT2D eigenvalue weighted by atomic mass is 35.5. The number of aromatic nitrogens is 1. The third-order valence-corrected chi connectivity index (χ3v) is 3.70. The summed E-state index contributed by atoms with van der Waals surface area (Å²) in [6.45, 7) is 3.61. The van der Waals surface area contributed by atoms with Gasteiger partial charge in [-0.25, -0.2) is 4.39 Å². The van der Waals surface area contributed by atoms with Crippen LogP contribution < -0.4 is 5.32 Å². The van der Waals surface area contributed by atoms with Crippen molar-refractivity contribution in [2.45, 2.75) is 12.6 Å². The smallest absolute Gasteiger partial charge is 0.123 e. The van der Waals surface area contributed by atoms with E-state index in [0.717, 1.165) is 31.7 Å². The molecule has 3 rings (SSSR count). The van der Waals surface area contributed by atoms with Crippen LogP contribution in [0.4, 0.5) is 4.39 Å². The van der Waals surface area contributed by atoms with E-state index in [1.165, 1.54) is 11.6 Å². The Morgan fingerprint density at radius 1 is 1.29 bits per heavy atom. The number of piperazine rings is 1. The minimum absolute atomic E-state index is 0. The van der Waals surface area contributed by atoms with Gasteiger partial charge in [0, 0.05) is 44.6 Å². The Labute approximate surface area is 130 Å². The Morgan fingerprint density at radius 2 is 2.19 bits per heavy atom. The van der Waals surface area contributed by atoms with Crippen LogP contribution in [0, 0.1) is 5.82 Å². The van der Waals surface area contributed by atoms with Crippen LogP contribution in [-0.2, 0) is 6.54 Å². The van der Waals surface area contributed by atoms with Gasteiger partial charge in [0.15, 0.2) is 0 Å². The van der Waals surface area contributed by atoms with Crippen LogP contribution in [0.2, 0.25) is 0 Å². The number of hydrogen-bond acceptors (Lipinski definition) is 3. The molecule has 1 N–H and O–H groups in total. The number of pyridine rings is 1. The summed E-state index contributed by atoms with van der Waals surface area (Å²) in [7, 11) is 0. The van der Waals surface area contributed by atoms with Gasteiger partial charge in [0.1, 0.15) is 5.82 Å². The van der Waals surface area contributed by atoms with Gasteiger partial charge in [0.2, 0.25) is 0 Å². The lowest BCUT2D eigenvalue weighted by Gasteiger charge is -2.36. The Kier molecular flexibility index (Phi) is 5.67. The summed E-state index contributed by atoms with van der Waals surface area (Å²) in [4.78, 5) is 6.54. The molecule has 0 radical (unpaired) electrons. The van der Waals surface area contributed by atoms with Crippen molar-refractivity contribution in [2.75, 3.05) is 19.6 Å². The molecular weight excluding hydrogens is 289 g/mol. The fourth-order valence-electron chi connectivity index (χ4n) is 2.70. The molecule has 1 atom stereocenters. The molecule has 21 heavy (non-hydrogen) atoms. The largest absolute Gasteiger partial charge is 0.314 e. The van der Waals surface area contributed by atoms with Crippen molar-refractivity contribution >= 4 is 12.4 Å². The molecule has 5 heteroatoms. The predicted molar refractivity (Wildman–Crippen MR) is 83.9 cm³/mol. The molecule has 1 fully saturated rings. The molecule has 3 nitrogen and oxygen atoms in total. The Balaban J connectivity index is 0.00000161. The molecule has 0 spiro atoms. The van der Waals surface area contributed by atoms with Crippen molar-refractivity contribution in [3.63, 3.8) is 0 Å². The number of hydrogen-bond donors (Lipinski definition) is 1. The van der Waals surface area contributed by atoms with Gasteiger partial charge in [-0.05, 0) is 29.3 Å². The van der Waals surface area contributed by atoms with Gasteiger partial charge in [0.25, 0.3) is 0 Å². The van der Waals surface area contributed by atoms with Crippen LogP contribution in [0.1, 0.15) is 17.2 Å². The summed E-state index contributed by atoms with van der Waals surface area (Å²) in [5.41, 5.74) is 2.22. The van der Waals surface area contributed by atoms with Crippen LogP contribution in [0.15, 0.2) is 48.8 Å². The number of nitrogens with one attached hydrogen (secondary N) is 1. The van der Waals surface area contributed by atoms with E-state index in [0.29, 0.717) is 0 Å². The molecule has 2 aromatic rings. The minimum atomic E-state index is -0.172. The molecule has 1 unspecified atom stereocenters. The molecule has 1 aromatic heterocycles. The van der Waals surface area contributed by atoms with Gasteiger partial charge in [0.05, 0.1) is 0 Å². The lowest BCUT2D eigenvalue weighted by Crippen LogP contribution is -2.45. The first-order valence-corrected chi connectivity index (χ1v) is 6.92. The molecular formula is C16H19ClFN3. The summed E-state index contributed by atoms with van der Waals surface area (Å²) >= 11 is 0. The molecule has 0 aliphatic carbocycles. The van der Waals surface area contributed by atoms with E-state index in [9.17, 15) is 4.39 Å². The zero-order valence-electron chi connectivity index (χ0n) is 11.7. The Hall–Kier alpha value is -1.49. The van der Waals surface area contributed by atoms with Gasteiger partial charge in [-0.1, -0.05) is 18.2 Å². The van der Waals surface area contributed by atoms with Crippen molar-refractivity contribution in [2.24, 2.45) is 0 Å². The van der Waals surface area contributed by atoms with Crippen LogP contribution in [-0.4, -0.2) is 29.5 Å². The maximum absolute atomic E-state index is 13.4. The van der Waals surface area contributed by atoms with Gasteiger partial charge in [-0.2, -0.15) is 0 Å². The van der Waals surface area contributed by atoms with Crippen molar-refractivity contribution < 1.29 is 4.39 Å². The number of benzene rings is 1. The molecule has 112 valence electrons. The second-order valence-electron chi connectivity index (χ2n) is 5.11. The quantitative estimate of drug-likeness (QED) is 0.945. The molecule has 2 heterocycles. The standard InChI is InChI=1S/C16H18FN3.ClH/c17-15-5-1-4-14(9-15)16-11-19-7-8-20(16)12-13-3-2-6-18-10-13;/h1-6,9-10,16,19H,7-8,11-12H2;1H. The second-order valence-corrected chi connectivity index (χ2v) is 5.11. The van der Waals surface area contributed by atoms with Crippen LogP contribution in [0.25, 0.3) is 0 Å². The van der Waals surface area contributed by atoms with E-state index in [1.54, 1.807) is 18.3 Å². The number of halogens is 2. The lowest BCUT2D eigenvalue weighted by molar-refractivity contribution is 0.153. The monoisotopic (exact) mass is 307 g/mol. The summed E-state index contributed by atoms with van der Waals surface area (Å²) in [5, 5.41) is 3.39. The molecule has 1 aromatic carbocycles. The van der Waals surface area contributed by atoms with E-state index in [-0.39, 0.29) is 24.3 Å². The van der Waals surface area contributed by atoms with E-state index in [1.807, 2.05) is 18.3 Å². The summed E-state index contributed by atoms with van der Waals surface area (Å²) < 4.78 is 13.4. The maximum atomic E-state index is 13.4. The summed E-state index contributed by atoms with van der Waals surface area (Å²) in [5.74, 6) is -0.172. The molecule has 0 bridgehead atoms. The lowest BCUT2D eigenvalue weighted by atomic mass is 10.0. The van der Waals surface area contributed by atoms with Crippen molar-refractivity contribution in [3.05, 3.63) is 65.7 Å². The first-order valence-electron chi connectivity index (χ1n) is 6.92. The molecule has 0 saturated carbocycles. The van der Waals surface area contributed by atoms with Crippen molar-refractivity contribution in [1.82, 2.24) is 15.2 Å². The van der Waals surface area contributed by atoms with Crippen LogP contribution in [0.5, 0.6) is 0 Å². The number of rotatable bonds is 3. The van der Waals surface area contributed by atoms with Gasteiger partial charge in [-0.3, -0.25) is 9.88 Å². The normalized spacial score (nSPS) is 19.0. The summed E-state index contributed by atoms with van der Waals surface area (Å²) in [6.07, 6.45) is 3.68. The molecule has 0 amide bonds. The third kappa shape index (κ3) is 4.00. The zero-order valence-corrected chi connectivity index (χ0v) is 12.5. The highest BCUT2D eigenvalue weighted by Crippen LogP contribution is 2.24. The minimum Gasteiger partial charge on any atom is -0.314 e. The van der Waals surface area contributed by atoms with E-state index in [4.69, 9.17) is 0 Å². The van der Waals surface area contributed by atoms with Gasteiger partial charge >= 0.3 is 0 Å². The average molecular weight is 308 g/mol. The van der Waals surface area contributed by atoms with Gasteiger partial charge in [-0.15, -0.1) is 12.4 Å². The van der Waals surface area contributed by atoms with Crippen molar-refractivity contribution in [1.29, 1.82) is 0 Å². The maximum Gasteiger partial charge on any atom is 0.123 e. The van der Waals surface area contributed by atoms with E-state index < -0.39 is 0 Å². The fourth-order valence-corrected chi connectivity index (χ4v) is 2.70. The van der Waals surface area contributed by atoms with Gasteiger partial charge < -0.3 is 5.32 Å². The zero-order chi connectivity index (χ0) is 13.8. The van der Waals surface area contributed by atoms with Crippen LogP contribution in [0.3, 0.4) is 0 Å². The highest BCUT2D eigenvalue weighted by Gasteiger charge is 2.23. The predicted octanol–water partition coefficient (Wildman–Crippen LogP) is 2.79. The third-order valence-electron chi connectivity index (χ3n) is 3.70. The first-order chi connectivity index (χ1) is 9.83. The van der Waals surface area contributed by atoms with Crippen molar-refractivity contribution in [3.8, 4) is 0 Å².